The van der Waals surface area contributed by atoms with E-state index in [9.17, 15) is 9.59 Å². The molecule has 0 aliphatic heterocycles. The van der Waals surface area contributed by atoms with Crippen LogP contribution in [-0.2, 0) is 22.6 Å². The van der Waals surface area contributed by atoms with Crippen molar-refractivity contribution >= 4 is 51.7 Å². The molecule has 0 spiro atoms. The van der Waals surface area contributed by atoms with Crippen LogP contribution in [0.3, 0.4) is 0 Å². The van der Waals surface area contributed by atoms with Crippen LogP contribution in [0.5, 0.6) is 0 Å². The maximum absolute atomic E-state index is 13.3. The maximum Gasteiger partial charge on any atom is 0.249 e. The van der Waals surface area contributed by atoms with Crippen LogP contribution in [0.15, 0.2) is 79.1 Å². The SMILES string of the molecule is CN(C(=O)[C@H](Cc1ccccc1)NC(=O)Cn1cnc2cc(Cl)c(Cl)cc21)c1ccccc1. The van der Waals surface area contributed by atoms with Gasteiger partial charge in [-0.25, -0.2) is 4.98 Å². The molecule has 0 radical (unpaired) electrons. The zero-order chi connectivity index (χ0) is 23.4. The Bertz CT molecular complexity index is 1280. The molecule has 0 unspecified atom stereocenters. The average molecular weight is 481 g/mol. The number of carbonyl (C=O) groups is 2. The molecule has 4 rings (SSSR count). The van der Waals surface area contributed by atoms with Crippen molar-refractivity contribution in [2.45, 2.75) is 19.0 Å². The Labute approximate surface area is 201 Å². The standard InChI is InChI=1S/C25H22Cl2N4O2/c1-30(18-10-6-3-7-11-18)25(33)22(12-17-8-4-2-5-9-17)29-24(32)15-31-16-28-21-13-19(26)20(27)14-23(21)31/h2-11,13-14,16,22H,12,15H2,1H3,(H,29,32)/t22-/m0/s1. The highest BCUT2D eigenvalue weighted by Gasteiger charge is 2.25. The lowest BCUT2D eigenvalue weighted by Crippen LogP contribution is -2.49. The van der Waals surface area contributed by atoms with Gasteiger partial charge in [0.15, 0.2) is 0 Å². The lowest BCUT2D eigenvalue weighted by molar-refractivity contribution is -0.127. The zero-order valence-electron chi connectivity index (χ0n) is 17.9. The first-order valence-corrected chi connectivity index (χ1v) is 11.1. The highest BCUT2D eigenvalue weighted by atomic mass is 35.5. The molecule has 4 aromatic rings. The highest BCUT2D eigenvalue weighted by molar-refractivity contribution is 6.42. The second-order valence-electron chi connectivity index (χ2n) is 7.67. The van der Waals surface area contributed by atoms with Crippen molar-refractivity contribution in [2.24, 2.45) is 0 Å². The van der Waals surface area contributed by atoms with E-state index in [1.165, 1.54) is 0 Å². The van der Waals surface area contributed by atoms with Gasteiger partial charge in [0.1, 0.15) is 12.6 Å². The summed E-state index contributed by atoms with van der Waals surface area (Å²) < 4.78 is 1.68. The fourth-order valence-electron chi connectivity index (χ4n) is 3.64. The Morgan fingerprint density at radius 2 is 1.64 bits per heavy atom. The summed E-state index contributed by atoms with van der Waals surface area (Å²) >= 11 is 12.2. The number of halogens is 2. The Morgan fingerprint density at radius 3 is 2.33 bits per heavy atom. The summed E-state index contributed by atoms with van der Waals surface area (Å²) in [6, 6.07) is 21.5. The first-order valence-electron chi connectivity index (χ1n) is 10.4. The topological polar surface area (TPSA) is 67.2 Å². The largest absolute Gasteiger partial charge is 0.342 e. The lowest BCUT2D eigenvalue weighted by Gasteiger charge is -2.25. The predicted octanol–water partition coefficient (Wildman–Crippen LogP) is 4.73. The van der Waals surface area contributed by atoms with E-state index in [4.69, 9.17) is 23.2 Å². The number of imidazole rings is 1. The number of para-hydroxylation sites is 1. The molecule has 0 saturated carbocycles. The number of nitrogens with one attached hydrogen (secondary N) is 1. The predicted molar refractivity (Wildman–Crippen MR) is 132 cm³/mol. The van der Waals surface area contributed by atoms with Gasteiger partial charge in [0.25, 0.3) is 0 Å². The van der Waals surface area contributed by atoms with Crippen molar-refractivity contribution in [3.8, 4) is 0 Å². The van der Waals surface area contributed by atoms with E-state index in [0.29, 0.717) is 27.5 Å². The number of aromatic nitrogens is 2. The van der Waals surface area contributed by atoms with Crippen molar-refractivity contribution in [1.82, 2.24) is 14.9 Å². The molecule has 33 heavy (non-hydrogen) atoms. The normalized spacial score (nSPS) is 11.8. The maximum atomic E-state index is 13.3. The van der Waals surface area contributed by atoms with Gasteiger partial charge in [-0.1, -0.05) is 71.7 Å². The number of carbonyl (C=O) groups excluding carboxylic acids is 2. The van der Waals surface area contributed by atoms with Crippen molar-refractivity contribution in [3.05, 3.63) is 94.7 Å². The summed E-state index contributed by atoms with van der Waals surface area (Å²) in [6.07, 6.45) is 1.93. The molecule has 1 atom stereocenters. The van der Waals surface area contributed by atoms with Gasteiger partial charge in [0.05, 0.1) is 27.4 Å². The molecule has 1 heterocycles. The van der Waals surface area contributed by atoms with Crippen LogP contribution in [0.4, 0.5) is 5.69 Å². The Hall–Kier alpha value is -3.35. The third kappa shape index (κ3) is 5.35. The lowest BCUT2D eigenvalue weighted by atomic mass is 10.0. The van der Waals surface area contributed by atoms with E-state index in [2.05, 4.69) is 10.3 Å². The molecule has 168 valence electrons. The van der Waals surface area contributed by atoms with Crippen LogP contribution >= 0.6 is 23.2 Å². The van der Waals surface area contributed by atoms with Crippen LogP contribution in [-0.4, -0.2) is 34.5 Å². The minimum atomic E-state index is -0.738. The summed E-state index contributed by atoms with van der Waals surface area (Å²) in [5.41, 5.74) is 3.03. The number of benzene rings is 3. The van der Waals surface area contributed by atoms with Gasteiger partial charge >= 0.3 is 0 Å². The van der Waals surface area contributed by atoms with Gasteiger partial charge in [-0.2, -0.15) is 0 Å². The van der Waals surface area contributed by atoms with Crippen molar-refractivity contribution in [2.75, 3.05) is 11.9 Å². The fourth-order valence-corrected chi connectivity index (χ4v) is 3.95. The van der Waals surface area contributed by atoms with Crippen LogP contribution in [0, 0.1) is 0 Å². The molecule has 0 aliphatic rings. The number of hydrogen-bond donors (Lipinski definition) is 1. The number of fused-ring (bicyclic) bond motifs is 1. The number of nitrogens with zero attached hydrogens (tertiary/aromatic N) is 3. The summed E-state index contributed by atoms with van der Waals surface area (Å²) in [7, 11) is 1.71. The molecule has 0 saturated heterocycles. The smallest absolute Gasteiger partial charge is 0.249 e. The third-order valence-electron chi connectivity index (χ3n) is 5.37. The van der Waals surface area contributed by atoms with E-state index in [0.717, 1.165) is 11.3 Å². The van der Waals surface area contributed by atoms with Crippen molar-refractivity contribution < 1.29 is 9.59 Å². The van der Waals surface area contributed by atoms with E-state index < -0.39 is 6.04 Å². The second-order valence-corrected chi connectivity index (χ2v) is 8.48. The molecule has 8 heteroatoms. The van der Waals surface area contributed by atoms with E-state index in [1.54, 1.807) is 35.0 Å². The van der Waals surface area contributed by atoms with Gasteiger partial charge < -0.3 is 14.8 Å². The van der Waals surface area contributed by atoms with Gasteiger partial charge in [-0.05, 0) is 29.8 Å². The minimum Gasteiger partial charge on any atom is -0.342 e. The number of likely N-dealkylation sites (N-methyl/N-ethyl adjacent to an activating group) is 1. The number of anilines is 1. The second kappa shape index (κ2) is 10.1. The Balaban J connectivity index is 1.55. The first-order chi connectivity index (χ1) is 15.9. The monoisotopic (exact) mass is 480 g/mol. The van der Waals surface area contributed by atoms with Crippen molar-refractivity contribution in [3.63, 3.8) is 0 Å². The molecule has 6 nitrogen and oxygen atoms in total. The van der Waals surface area contributed by atoms with E-state index >= 15 is 0 Å². The summed E-state index contributed by atoms with van der Waals surface area (Å²) in [6.45, 7) is -0.0118. The van der Waals surface area contributed by atoms with Crippen molar-refractivity contribution in [1.29, 1.82) is 0 Å². The summed E-state index contributed by atoms with van der Waals surface area (Å²) in [5, 5.41) is 3.69. The van der Waals surface area contributed by atoms with Crippen LogP contribution in [0.1, 0.15) is 5.56 Å². The van der Waals surface area contributed by atoms with Crippen LogP contribution in [0.25, 0.3) is 11.0 Å². The van der Waals surface area contributed by atoms with E-state index in [-0.39, 0.29) is 18.4 Å². The third-order valence-corrected chi connectivity index (χ3v) is 6.09. The van der Waals surface area contributed by atoms with Crippen LogP contribution in [0.2, 0.25) is 10.0 Å². The quantitative estimate of drug-likeness (QED) is 0.415. The summed E-state index contributed by atoms with van der Waals surface area (Å²) in [5.74, 6) is -0.514. The minimum absolute atomic E-state index is 0.0118. The van der Waals surface area contributed by atoms with Gasteiger partial charge in [-0.3, -0.25) is 9.59 Å². The molecule has 0 fully saturated rings. The molecular weight excluding hydrogens is 459 g/mol. The molecule has 0 bridgehead atoms. The molecule has 1 aromatic heterocycles. The molecule has 3 aromatic carbocycles. The Morgan fingerprint density at radius 1 is 1.00 bits per heavy atom. The number of amides is 2. The first kappa shape index (κ1) is 22.8. The molecular formula is C25H22Cl2N4O2. The molecule has 0 aliphatic carbocycles. The number of rotatable bonds is 7. The Kier molecular flexibility index (Phi) is 6.96. The van der Waals surface area contributed by atoms with Gasteiger partial charge in [0.2, 0.25) is 11.8 Å². The van der Waals surface area contributed by atoms with E-state index in [1.807, 2.05) is 60.7 Å². The zero-order valence-corrected chi connectivity index (χ0v) is 19.4. The highest BCUT2D eigenvalue weighted by Crippen LogP contribution is 2.27. The summed E-state index contributed by atoms with van der Waals surface area (Å²) in [4.78, 5) is 32.2. The van der Waals surface area contributed by atoms with Crippen LogP contribution < -0.4 is 10.2 Å². The number of hydrogen-bond acceptors (Lipinski definition) is 3. The molecule has 2 amide bonds. The fraction of sp³-hybridized carbons (Fsp3) is 0.160. The molecule has 1 N–H and O–H groups in total. The van der Waals surface area contributed by atoms with Gasteiger partial charge in [-0.15, -0.1) is 0 Å². The average Bonchev–Trinajstić information content (AvgIpc) is 3.20. The van der Waals surface area contributed by atoms with Gasteiger partial charge in [0, 0.05) is 19.2 Å².